The molecule has 0 radical (unpaired) electrons. The molecule has 0 unspecified atom stereocenters. The summed E-state index contributed by atoms with van der Waals surface area (Å²) in [6, 6.07) is 13.9. The van der Waals surface area contributed by atoms with Crippen molar-refractivity contribution in [3.8, 4) is 5.75 Å². The van der Waals surface area contributed by atoms with Gasteiger partial charge in [0.15, 0.2) is 5.65 Å². The van der Waals surface area contributed by atoms with Gasteiger partial charge in [-0.05, 0) is 50.2 Å². The summed E-state index contributed by atoms with van der Waals surface area (Å²) in [4.78, 5) is 41.6. The maximum atomic E-state index is 12.7. The van der Waals surface area contributed by atoms with Crippen molar-refractivity contribution in [1.82, 2.24) is 9.56 Å². The van der Waals surface area contributed by atoms with Crippen LogP contribution in [-0.2, 0) is 11.3 Å². The van der Waals surface area contributed by atoms with Gasteiger partial charge in [-0.1, -0.05) is 17.7 Å². The number of esters is 1. The monoisotopic (exact) mass is 481 g/mol. The summed E-state index contributed by atoms with van der Waals surface area (Å²) in [5, 5.41) is 2.94. The maximum absolute atomic E-state index is 12.7. The second-order valence-corrected chi connectivity index (χ2v) is 7.68. The smallest absolute Gasteiger partial charge is 0.338 e. The van der Waals surface area contributed by atoms with E-state index in [9.17, 15) is 14.4 Å². The molecule has 1 amide bonds. The van der Waals surface area contributed by atoms with Crippen LogP contribution in [0.1, 0.15) is 39.1 Å². The van der Waals surface area contributed by atoms with E-state index in [1.54, 1.807) is 37.3 Å². The number of aromatic nitrogens is 2. The minimum absolute atomic E-state index is 0.166. The highest BCUT2D eigenvalue weighted by molar-refractivity contribution is 6.34. The van der Waals surface area contributed by atoms with Gasteiger partial charge in [0, 0.05) is 17.7 Å². The molecule has 0 aliphatic heterocycles. The number of amides is 1. The largest absolute Gasteiger partial charge is 0.494 e. The van der Waals surface area contributed by atoms with E-state index in [0.29, 0.717) is 29.3 Å². The van der Waals surface area contributed by atoms with Gasteiger partial charge in [0.1, 0.15) is 18.1 Å². The number of benzene rings is 2. The van der Waals surface area contributed by atoms with Crippen LogP contribution in [0.4, 0.5) is 5.69 Å². The van der Waals surface area contributed by atoms with Gasteiger partial charge in [-0.25, -0.2) is 9.78 Å². The van der Waals surface area contributed by atoms with Gasteiger partial charge in [0.2, 0.25) is 0 Å². The Morgan fingerprint density at radius 2 is 1.94 bits per heavy atom. The van der Waals surface area contributed by atoms with Crippen LogP contribution in [0.25, 0.3) is 5.65 Å². The molecule has 4 rings (SSSR count). The Labute approximate surface area is 198 Å². The second-order valence-electron chi connectivity index (χ2n) is 7.27. The molecule has 0 bridgehead atoms. The van der Waals surface area contributed by atoms with Crippen molar-refractivity contribution in [3.63, 3.8) is 0 Å². The van der Waals surface area contributed by atoms with E-state index in [0.717, 1.165) is 4.57 Å². The molecule has 2 aromatic carbocycles. The first kappa shape index (κ1) is 23.1. The van der Waals surface area contributed by atoms with Crippen LogP contribution in [0.5, 0.6) is 5.75 Å². The van der Waals surface area contributed by atoms with Crippen LogP contribution >= 0.6 is 11.6 Å². The van der Waals surface area contributed by atoms with Gasteiger partial charge in [-0.2, -0.15) is 0 Å². The number of hydrogen-bond donors (Lipinski definition) is 1. The van der Waals surface area contributed by atoms with Crippen LogP contribution in [0, 0.1) is 6.92 Å². The minimum atomic E-state index is -0.670. The van der Waals surface area contributed by atoms with Crippen LogP contribution in [-0.4, -0.2) is 28.0 Å². The summed E-state index contributed by atoms with van der Waals surface area (Å²) >= 11 is 6.21. The predicted molar refractivity (Wildman–Crippen MR) is 125 cm³/mol. The van der Waals surface area contributed by atoms with Crippen molar-refractivity contribution in [2.45, 2.75) is 20.5 Å². The lowest BCUT2D eigenvalue weighted by molar-refractivity contribution is 0.0467. The molecule has 2 heterocycles. The van der Waals surface area contributed by atoms with Gasteiger partial charge in [0.25, 0.3) is 11.5 Å². The van der Waals surface area contributed by atoms with Gasteiger partial charge in [0.05, 0.1) is 28.6 Å². The fourth-order valence-corrected chi connectivity index (χ4v) is 3.37. The summed E-state index contributed by atoms with van der Waals surface area (Å²) in [6.45, 7) is 3.80. The first-order valence-corrected chi connectivity index (χ1v) is 10.7. The van der Waals surface area contributed by atoms with Crippen molar-refractivity contribution in [1.29, 1.82) is 0 Å². The van der Waals surface area contributed by atoms with Crippen LogP contribution in [0.3, 0.4) is 0 Å². The van der Waals surface area contributed by atoms with E-state index in [4.69, 9.17) is 25.6 Å². The third kappa shape index (κ3) is 5.10. The molecule has 0 fully saturated rings. The molecule has 1 N–H and O–H groups in total. The number of nitrogens with zero attached hydrogens (tertiary/aromatic N) is 2. The van der Waals surface area contributed by atoms with Gasteiger partial charge in [-0.15, -0.1) is 4.57 Å². The Hall–Kier alpha value is -4.11. The van der Waals surface area contributed by atoms with E-state index in [2.05, 4.69) is 10.3 Å². The van der Waals surface area contributed by atoms with E-state index < -0.39 is 17.4 Å². The van der Waals surface area contributed by atoms with Crippen molar-refractivity contribution in [2.75, 3.05) is 11.9 Å². The highest BCUT2D eigenvalue weighted by Crippen LogP contribution is 2.25. The van der Waals surface area contributed by atoms with Crippen molar-refractivity contribution in [3.05, 3.63) is 92.6 Å². The van der Waals surface area contributed by atoms with E-state index in [1.165, 1.54) is 24.3 Å². The molecule has 34 heavy (non-hydrogen) atoms. The normalized spacial score (nSPS) is 10.8. The Bertz CT molecular complexity index is 1440. The summed E-state index contributed by atoms with van der Waals surface area (Å²) in [6.07, 6.45) is 0. The lowest BCUT2D eigenvalue weighted by Crippen LogP contribution is -2.15. The SMILES string of the molecule is CCOc1cccc(C(=O)Nc2cc(C(=O)OCc3cc(=O)n4oc(C)cc4n3)ccc2Cl)c1. The van der Waals surface area contributed by atoms with Crippen molar-refractivity contribution < 1.29 is 23.6 Å². The standard InChI is InChI=1S/C24H20ClN3O6/c1-3-32-18-6-4-5-15(10-18)23(30)27-20-11-16(7-8-19(20)25)24(31)33-13-17-12-22(29)28-21(26-17)9-14(2)34-28/h4-12H,3,13H2,1-2H3,(H,27,30). The zero-order chi connectivity index (χ0) is 24.2. The van der Waals surface area contributed by atoms with Crippen molar-refractivity contribution >= 4 is 34.8 Å². The predicted octanol–water partition coefficient (Wildman–Crippen LogP) is 4.26. The van der Waals surface area contributed by atoms with Crippen molar-refractivity contribution in [2.24, 2.45) is 0 Å². The Morgan fingerprint density at radius 3 is 2.74 bits per heavy atom. The van der Waals surface area contributed by atoms with E-state index >= 15 is 0 Å². The fraction of sp³-hybridized carbons (Fsp3) is 0.167. The Balaban J connectivity index is 1.47. The zero-order valence-corrected chi connectivity index (χ0v) is 19.1. The minimum Gasteiger partial charge on any atom is -0.494 e. The average molecular weight is 482 g/mol. The molecule has 2 aromatic heterocycles. The summed E-state index contributed by atoms with van der Waals surface area (Å²) in [5.74, 6) is 0.00734. The molecule has 0 saturated heterocycles. The number of aryl methyl sites for hydroxylation is 1. The topological polar surface area (TPSA) is 112 Å². The Morgan fingerprint density at radius 1 is 1.12 bits per heavy atom. The molecule has 0 atom stereocenters. The maximum Gasteiger partial charge on any atom is 0.338 e. The molecule has 174 valence electrons. The lowest BCUT2D eigenvalue weighted by Gasteiger charge is -2.11. The van der Waals surface area contributed by atoms with Crippen LogP contribution in [0.2, 0.25) is 5.02 Å². The molecule has 4 aromatic rings. The number of nitrogens with one attached hydrogen (secondary N) is 1. The molecular formula is C24H20ClN3O6. The van der Waals surface area contributed by atoms with E-state index in [1.807, 2.05) is 6.92 Å². The number of halogens is 1. The zero-order valence-electron chi connectivity index (χ0n) is 18.3. The molecular weight excluding hydrogens is 462 g/mol. The van der Waals surface area contributed by atoms with Crippen LogP contribution < -0.4 is 15.6 Å². The summed E-state index contributed by atoms with van der Waals surface area (Å²) in [5.41, 5.74) is 0.956. The highest BCUT2D eigenvalue weighted by atomic mass is 35.5. The number of carbonyl (C=O) groups is 2. The van der Waals surface area contributed by atoms with Gasteiger partial charge >= 0.3 is 5.97 Å². The number of fused-ring (bicyclic) bond motifs is 1. The average Bonchev–Trinajstić information content (AvgIpc) is 3.20. The molecule has 10 heteroatoms. The third-order valence-corrected chi connectivity index (χ3v) is 5.06. The number of hydrogen-bond acceptors (Lipinski definition) is 7. The molecule has 0 aliphatic rings. The number of anilines is 1. The summed E-state index contributed by atoms with van der Waals surface area (Å²) < 4.78 is 17.0. The number of rotatable bonds is 7. The summed E-state index contributed by atoms with van der Waals surface area (Å²) in [7, 11) is 0. The van der Waals surface area contributed by atoms with Crippen LogP contribution in [0.15, 0.2) is 63.9 Å². The van der Waals surface area contributed by atoms with Gasteiger partial charge < -0.3 is 19.3 Å². The first-order chi connectivity index (χ1) is 16.3. The quantitative estimate of drug-likeness (QED) is 0.392. The molecule has 9 nitrogen and oxygen atoms in total. The van der Waals surface area contributed by atoms with E-state index in [-0.39, 0.29) is 28.6 Å². The number of ether oxygens (including phenoxy) is 2. The highest BCUT2D eigenvalue weighted by Gasteiger charge is 2.15. The third-order valence-electron chi connectivity index (χ3n) is 4.73. The molecule has 0 spiro atoms. The second kappa shape index (κ2) is 9.80. The first-order valence-electron chi connectivity index (χ1n) is 10.3. The Kier molecular flexibility index (Phi) is 6.65. The van der Waals surface area contributed by atoms with Gasteiger partial charge in [-0.3, -0.25) is 9.59 Å². The lowest BCUT2D eigenvalue weighted by atomic mass is 10.1. The molecule has 0 aliphatic carbocycles. The number of carbonyl (C=O) groups excluding carboxylic acids is 2. The molecule has 0 saturated carbocycles. The fourth-order valence-electron chi connectivity index (χ4n) is 3.21.